The molecule has 172 valence electrons. The third kappa shape index (κ3) is 7.59. The van der Waals surface area contributed by atoms with Gasteiger partial charge in [-0.25, -0.2) is 4.99 Å². The summed E-state index contributed by atoms with van der Waals surface area (Å²) in [7, 11) is 3.49. The summed E-state index contributed by atoms with van der Waals surface area (Å²) in [5.74, 6) is 2.14. The molecule has 2 aliphatic heterocycles. The van der Waals surface area contributed by atoms with Crippen LogP contribution >= 0.6 is 0 Å². The normalized spacial score (nSPS) is 17.0. The van der Waals surface area contributed by atoms with Crippen LogP contribution in [-0.2, 0) is 16.1 Å². The van der Waals surface area contributed by atoms with Crippen molar-refractivity contribution in [3.63, 3.8) is 0 Å². The highest BCUT2D eigenvalue weighted by molar-refractivity contribution is 5.86. The summed E-state index contributed by atoms with van der Waals surface area (Å²) in [6.07, 6.45) is 1.85. The zero-order valence-electron chi connectivity index (χ0n) is 18.7. The summed E-state index contributed by atoms with van der Waals surface area (Å²) < 4.78 is 17.1. The molecule has 1 aromatic rings. The van der Waals surface area contributed by atoms with Gasteiger partial charge in [-0.2, -0.15) is 0 Å². The van der Waals surface area contributed by atoms with E-state index in [-0.39, 0.29) is 12.5 Å². The van der Waals surface area contributed by atoms with Gasteiger partial charge in [-0.1, -0.05) is 12.1 Å². The first-order valence-corrected chi connectivity index (χ1v) is 11.0. The Bertz CT molecular complexity index is 735. The molecule has 0 atom stereocenters. The third-order valence-electron chi connectivity index (χ3n) is 5.21. The number of likely N-dealkylation sites (N-methyl/N-ethyl adjacent to an activating group) is 1. The van der Waals surface area contributed by atoms with E-state index in [1.807, 2.05) is 18.2 Å². The van der Waals surface area contributed by atoms with Crippen molar-refractivity contribution in [2.24, 2.45) is 4.99 Å². The predicted molar refractivity (Wildman–Crippen MR) is 120 cm³/mol. The van der Waals surface area contributed by atoms with E-state index in [1.165, 1.54) is 0 Å². The van der Waals surface area contributed by atoms with E-state index in [1.54, 1.807) is 19.0 Å². The predicted octanol–water partition coefficient (Wildman–Crippen LogP) is 0.694. The molecule has 1 amide bonds. The summed E-state index contributed by atoms with van der Waals surface area (Å²) in [6.45, 7) is 7.28. The van der Waals surface area contributed by atoms with Gasteiger partial charge in [-0.15, -0.1) is 0 Å². The largest absolute Gasteiger partial charge is 0.490 e. The molecule has 3 rings (SSSR count). The van der Waals surface area contributed by atoms with Crippen molar-refractivity contribution >= 4 is 11.9 Å². The van der Waals surface area contributed by atoms with Gasteiger partial charge in [0.15, 0.2) is 17.5 Å². The minimum Gasteiger partial charge on any atom is -0.490 e. The highest BCUT2D eigenvalue weighted by atomic mass is 16.5. The standard InChI is InChI=1S/C22H35N5O4/c1-26(2)20(28)17-25-22(23-8-4-9-27-10-14-29-15-11-27)24-16-18-6-3-7-19-21(18)31-13-5-12-30-19/h3,6-7H,4-5,8-17H2,1-2H3,(H2,23,24,25). The molecule has 2 heterocycles. The smallest absolute Gasteiger partial charge is 0.241 e. The van der Waals surface area contributed by atoms with Crippen LogP contribution in [0.25, 0.3) is 0 Å². The number of carbonyl (C=O) groups is 1. The average Bonchev–Trinajstić information content (AvgIpc) is 3.04. The van der Waals surface area contributed by atoms with E-state index in [0.717, 1.165) is 69.3 Å². The van der Waals surface area contributed by atoms with E-state index < -0.39 is 0 Å². The van der Waals surface area contributed by atoms with E-state index in [9.17, 15) is 4.79 Å². The maximum Gasteiger partial charge on any atom is 0.241 e. The van der Waals surface area contributed by atoms with Crippen LogP contribution in [0.1, 0.15) is 18.4 Å². The summed E-state index contributed by atoms with van der Waals surface area (Å²) >= 11 is 0. The zero-order valence-corrected chi connectivity index (χ0v) is 18.7. The fraction of sp³-hybridized carbons (Fsp3) is 0.636. The second-order valence-corrected chi connectivity index (χ2v) is 7.84. The Morgan fingerprint density at radius 2 is 1.94 bits per heavy atom. The monoisotopic (exact) mass is 433 g/mol. The van der Waals surface area contributed by atoms with Crippen LogP contribution in [-0.4, -0.2) is 94.9 Å². The molecule has 9 nitrogen and oxygen atoms in total. The van der Waals surface area contributed by atoms with Crippen LogP contribution in [0.3, 0.4) is 0 Å². The molecule has 9 heteroatoms. The third-order valence-corrected chi connectivity index (χ3v) is 5.21. The lowest BCUT2D eigenvalue weighted by Gasteiger charge is -2.26. The number of guanidine groups is 1. The van der Waals surface area contributed by atoms with Crippen molar-refractivity contribution < 1.29 is 19.0 Å². The van der Waals surface area contributed by atoms with Crippen molar-refractivity contribution in [2.45, 2.75) is 19.4 Å². The number of carbonyl (C=O) groups excluding carboxylic acids is 1. The quantitative estimate of drug-likeness (QED) is 0.354. The molecule has 1 aromatic carbocycles. The number of hydrogen-bond donors (Lipinski definition) is 2. The first kappa shape index (κ1) is 23.1. The summed E-state index contributed by atoms with van der Waals surface area (Å²) in [5, 5.41) is 6.50. The van der Waals surface area contributed by atoms with Crippen molar-refractivity contribution in [2.75, 3.05) is 73.2 Å². The van der Waals surface area contributed by atoms with Gasteiger partial charge in [0.25, 0.3) is 0 Å². The Balaban J connectivity index is 1.58. The highest BCUT2D eigenvalue weighted by Gasteiger charge is 2.15. The van der Waals surface area contributed by atoms with Crippen LogP contribution in [0.2, 0.25) is 0 Å². The van der Waals surface area contributed by atoms with Crippen LogP contribution in [0.4, 0.5) is 0 Å². The number of rotatable bonds is 8. The van der Waals surface area contributed by atoms with Crippen LogP contribution in [0.5, 0.6) is 11.5 Å². The number of hydrogen-bond acceptors (Lipinski definition) is 6. The van der Waals surface area contributed by atoms with E-state index in [2.05, 4.69) is 15.5 Å². The van der Waals surface area contributed by atoms with Crippen molar-refractivity contribution in [3.8, 4) is 11.5 Å². The molecule has 0 radical (unpaired) electrons. The van der Waals surface area contributed by atoms with Gasteiger partial charge in [0, 0.05) is 45.7 Å². The summed E-state index contributed by atoms with van der Waals surface area (Å²) in [4.78, 5) is 20.7. The van der Waals surface area contributed by atoms with E-state index in [4.69, 9.17) is 19.2 Å². The van der Waals surface area contributed by atoms with E-state index >= 15 is 0 Å². The molecule has 0 bridgehead atoms. The molecule has 0 saturated carbocycles. The molecular formula is C22H35N5O4. The second-order valence-electron chi connectivity index (χ2n) is 7.84. The van der Waals surface area contributed by atoms with Crippen molar-refractivity contribution in [3.05, 3.63) is 23.8 Å². The maximum absolute atomic E-state index is 12.0. The Hall–Kier alpha value is -2.52. The molecule has 0 spiro atoms. The first-order chi connectivity index (χ1) is 15.1. The first-order valence-electron chi connectivity index (χ1n) is 11.0. The van der Waals surface area contributed by atoms with Gasteiger partial charge in [-0.3, -0.25) is 9.69 Å². The molecule has 31 heavy (non-hydrogen) atoms. The van der Waals surface area contributed by atoms with Gasteiger partial charge in [0.1, 0.15) is 0 Å². The lowest BCUT2D eigenvalue weighted by Crippen LogP contribution is -2.44. The number of nitrogens with zero attached hydrogens (tertiary/aromatic N) is 3. The molecular weight excluding hydrogens is 398 g/mol. The molecule has 2 aliphatic rings. The summed E-state index contributed by atoms with van der Waals surface area (Å²) in [5.41, 5.74) is 0.966. The molecule has 0 aromatic heterocycles. The second kappa shape index (κ2) is 12.4. The maximum atomic E-state index is 12.0. The lowest BCUT2D eigenvalue weighted by molar-refractivity contribution is -0.127. The topological polar surface area (TPSA) is 87.7 Å². The van der Waals surface area contributed by atoms with Gasteiger partial charge in [0.2, 0.25) is 5.91 Å². The SMILES string of the molecule is CN(C)C(=O)CNC(=NCc1cccc2c1OCCCO2)NCCCN1CCOCC1. The number of benzene rings is 1. The molecule has 0 unspecified atom stereocenters. The molecule has 0 aliphatic carbocycles. The minimum absolute atomic E-state index is 0.00636. The minimum atomic E-state index is -0.00636. The number of para-hydroxylation sites is 1. The Morgan fingerprint density at radius 1 is 1.13 bits per heavy atom. The molecule has 1 fully saturated rings. The number of morpholine rings is 1. The summed E-state index contributed by atoms with van der Waals surface area (Å²) in [6, 6.07) is 5.88. The van der Waals surface area contributed by atoms with Gasteiger partial charge < -0.3 is 29.7 Å². The number of aliphatic imine (C=N–C) groups is 1. The van der Waals surface area contributed by atoms with Crippen LogP contribution < -0.4 is 20.1 Å². The van der Waals surface area contributed by atoms with Crippen LogP contribution in [0.15, 0.2) is 23.2 Å². The number of nitrogens with one attached hydrogen (secondary N) is 2. The van der Waals surface area contributed by atoms with Crippen molar-refractivity contribution in [1.82, 2.24) is 20.4 Å². The van der Waals surface area contributed by atoms with Gasteiger partial charge in [0.05, 0.1) is 39.5 Å². The average molecular weight is 434 g/mol. The van der Waals surface area contributed by atoms with Gasteiger partial charge in [-0.05, 0) is 19.0 Å². The molecule has 1 saturated heterocycles. The Morgan fingerprint density at radius 3 is 2.74 bits per heavy atom. The fourth-order valence-corrected chi connectivity index (χ4v) is 3.37. The molecule has 2 N–H and O–H groups in total. The lowest BCUT2D eigenvalue weighted by atomic mass is 10.2. The Labute approximate surface area is 184 Å². The highest BCUT2D eigenvalue weighted by Crippen LogP contribution is 2.33. The fourth-order valence-electron chi connectivity index (χ4n) is 3.37. The number of ether oxygens (including phenoxy) is 3. The van der Waals surface area contributed by atoms with Gasteiger partial charge >= 0.3 is 0 Å². The van der Waals surface area contributed by atoms with E-state index in [0.29, 0.717) is 25.7 Å². The Kier molecular flexibility index (Phi) is 9.23. The number of fused-ring (bicyclic) bond motifs is 1. The number of amides is 1. The van der Waals surface area contributed by atoms with Crippen molar-refractivity contribution in [1.29, 1.82) is 0 Å². The van der Waals surface area contributed by atoms with Crippen LogP contribution in [0, 0.1) is 0 Å². The zero-order chi connectivity index (χ0) is 21.9.